The van der Waals surface area contributed by atoms with Gasteiger partial charge in [-0.25, -0.2) is 4.98 Å². The van der Waals surface area contributed by atoms with Gasteiger partial charge in [0.15, 0.2) is 0 Å². The highest BCUT2D eigenvalue weighted by molar-refractivity contribution is 5.60. The summed E-state index contributed by atoms with van der Waals surface area (Å²) in [5.41, 5.74) is 1.01. The summed E-state index contributed by atoms with van der Waals surface area (Å²) in [6.07, 6.45) is 3.85. The summed E-state index contributed by atoms with van der Waals surface area (Å²) in [6.45, 7) is 5.02. The summed E-state index contributed by atoms with van der Waals surface area (Å²) >= 11 is 0. The van der Waals surface area contributed by atoms with Gasteiger partial charge in [0.1, 0.15) is 17.3 Å². The van der Waals surface area contributed by atoms with Crippen molar-refractivity contribution < 1.29 is 9.47 Å². The van der Waals surface area contributed by atoms with E-state index in [9.17, 15) is 0 Å². The van der Waals surface area contributed by atoms with E-state index in [1.54, 1.807) is 14.2 Å². The molecule has 0 spiro atoms. The number of benzene rings is 1. The van der Waals surface area contributed by atoms with Crippen LogP contribution in [0.3, 0.4) is 0 Å². The van der Waals surface area contributed by atoms with Gasteiger partial charge in [0.25, 0.3) is 0 Å². The second kappa shape index (κ2) is 6.52. The predicted molar refractivity (Wildman–Crippen MR) is 84.3 cm³/mol. The standard InChI is InChI=1S/C16H23N3O2/c1-12(2)19-9-8-17-16(19)11-18(3)14-7-6-13(20-4)10-15(14)21-5/h6-10,12H,11H2,1-5H3. The number of nitrogens with zero attached hydrogens (tertiary/aromatic N) is 3. The van der Waals surface area contributed by atoms with Crippen LogP contribution in [-0.2, 0) is 6.54 Å². The Kier molecular flexibility index (Phi) is 4.73. The van der Waals surface area contributed by atoms with Crippen LogP contribution in [0.4, 0.5) is 5.69 Å². The molecule has 0 aliphatic rings. The molecule has 1 heterocycles. The molecule has 0 N–H and O–H groups in total. The summed E-state index contributed by atoms with van der Waals surface area (Å²) in [6, 6.07) is 6.22. The van der Waals surface area contributed by atoms with E-state index in [1.807, 2.05) is 37.6 Å². The molecule has 0 saturated carbocycles. The zero-order valence-corrected chi connectivity index (χ0v) is 13.3. The van der Waals surface area contributed by atoms with Gasteiger partial charge in [-0.1, -0.05) is 0 Å². The maximum absolute atomic E-state index is 5.46. The zero-order chi connectivity index (χ0) is 15.4. The second-order valence-corrected chi connectivity index (χ2v) is 5.24. The Morgan fingerprint density at radius 3 is 2.62 bits per heavy atom. The Balaban J connectivity index is 2.24. The minimum atomic E-state index is 0.397. The van der Waals surface area contributed by atoms with Gasteiger partial charge in [-0.2, -0.15) is 0 Å². The highest BCUT2D eigenvalue weighted by atomic mass is 16.5. The third-order valence-corrected chi connectivity index (χ3v) is 3.48. The third-order valence-electron chi connectivity index (χ3n) is 3.48. The Bertz CT molecular complexity index is 593. The summed E-state index contributed by atoms with van der Waals surface area (Å²) in [5, 5.41) is 0. The second-order valence-electron chi connectivity index (χ2n) is 5.24. The van der Waals surface area contributed by atoms with Gasteiger partial charge < -0.3 is 18.9 Å². The van der Waals surface area contributed by atoms with E-state index in [4.69, 9.17) is 9.47 Å². The quantitative estimate of drug-likeness (QED) is 0.819. The van der Waals surface area contributed by atoms with E-state index < -0.39 is 0 Å². The van der Waals surface area contributed by atoms with Gasteiger partial charge in [0, 0.05) is 31.5 Å². The molecule has 1 aromatic carbocycles. The molecule has 0 fully saturated rings. The first-order valence-corrected chi connectivity index (χ1v) is 7.01. The van der Waals surface area contributed by atoms with Gasteiger partial charge >= 0.3 is 0 Å². The molecule has 0 aliphatic carbocycles. The number of rotatable bonds is 6. The van der Waals surface area contributed by atoms with Gasteiger partial charge in [-0.05, 0) is 26.0 Å². The van der Waals surface area contributed by atoms with E-state index in [2.05, 4.69) is 28.3 Å². The van der Waals surface area contributed by atoms with Crippen molar-refractivity contribution in [2.75, 3.05) is 26.2 Å². The highest BCUT2D eigenvalue weighted by Crippen LogP contribution is 2.32. The number of methoxy groups -OCH3 is 2. The van der Waals surface area contributed by atoms with Crippen LogP contribution in [0.5, 0.6) is 11.5 Å². The van der Waals surface area contributed by atoms with Crippen LogP contribution in [0.25, 0.3) is 0 Å². The largest absolute Gasteiger partial charge is 0.497 e. The lowest BCUT2D eigenvalue weighted by Crippen LogP contribution is -2.20. The maximum Gasteiger partial charge on any atom is 0.145 e. The first-order chi connectivity index (χ1) is 10.1. The lowest BCUT2D eigenvalue weighted by molar-refractivity contribution is 0.394. The van der Waals surface area contributed by atoms with Crippen molar-refractivity contribution in [1.82, 2.24) is 9.55 Å². The fraction of sp³-hybridized carbons (Fsp3) is 0.438. The smallest absolute Gasteiger partial charge is 0.145 e. The molecule has 21 heavy (non-hydrogen) atoms. The number of imidazole rings is 1. The summed E-state index contributed by atoms with van der Waals surface area (Å²) in [7, 11) is 5.35. The molecule has 2 aromatic rings. The van der Waals surface area contributed by atoms with Crippen LogP contribution in [0.1, 0.15) is 25.7 Å². The molecule has 0 aliphatic heterocycles. The van der Waals surface area contributed by atoms with Crippen LogP contribution < -0.4 is 14.4 Å². The molecule has 0 atom stereocenters. The highest BCUT2D eigenvalue weighted by Gasteiger charge is 2.13. The molecule has 0 saturated heterocycles. The molecule has 0 bridgehead atoms. The van der Waals surface area contributed by atoms with Crippen molar-refractivity contribution in [2.45, 2.75) is 26.4 Å². The molecule has 0 amide bonds. The SMILES string of the molecule is COc1ccc(N(C)Cc2nccn2C(C)C)c(OC)c1. The monoisotopic (exact) mass is 289 g/mol. The lowest BCUT2D eigenvalue weighted by atomic mass is 10.2. The van der Waals surface area contributed by atoms with Crippen LogP contribution in [0, 0.1) is 0 Å². The molecule has 2 rings (SSSR count). The molecule has 114 valence electrons. The van der Waals surface area contributed by atoms with Crippen molar-refractivity contribution in [3.8, 4) is 11.5 Å². The van der Waals surface area contributed by atoms with Gasteiger partial charge in [-0.3, -0.25) is 0 Å². The van der Waals surface area contributed by atoms with Crippen molar-refractivity contribution >= 4 is 5.69 Å². The van der Waals surface area contributed by atoms with E-state index in [0.717, 1.165) is 23.0 Å². The molecule has 1 aromatic heterocycles. The Morgan fingerprint density at radius 2 is 2.00 bits per heavy atom. The first-order valence-electron chi connectivity index (χ1n) is 7.01. The zero-order valence-electron chi connectivity index (χ0n) is 13.3. The molecule has 5 nitrogen and oxygen atoms in total. The predicted octanol–water partition coefficient (Wildman–Crippen LogP) is 3.12. The molecular formula is C16H23N3O2. The van der Waals surface area contributed by atoms with Crippen molar-refractivity contribution in [3.63, 3.8) is 0 Å². The third kappa shape index (κ3) is 3.29. The molecular weight excluding hydrogens is 266 g/mol. The Labute approximate surface area is 126 Å². The average Bonchev–Trinajstić information content (AvgIpc) is 2.94. The summed E-state index contributed by atoms with van der Waals surface area (Å²) in [4.78, 5) is 6.57. The van der Waals surface area contributed by atoms with E-state index in [0.29, 0.717) is 12.6 Å². The maximum atomic E-state index is 5.46. The van der Waals surface area contributed by atoms with Crippen LogP contribution in [0.15, 0.2) is 30.6 Å². The minimum absolute atomic E-state index is 0.397. The fourth-order valence-corrected chi connectivity index (χ4v) is 2.33. The topological polar surface area (TPSA) is 39.5 Å². The summed E-state index contributed by atoms with van der Waals surface area (Å²) in [5.74, 6) is 2.61. The molecule has 5 heteroatoms. The van der Waals surface area contributed by atoms with Crippen molar-refractivity contribution in [1.29, 1.82) is 0 Å². The average molecular weight is 289 g/mol. The van der Waals surface area contributed by atoms with Crippen molar-refractivity contribution in [3.05, 3.63) is 36.4 Å². The lowest BCUT2D eigenvalue weighted by Gasteiger charge is -2.23. The molecule has 0 radical (unpaired) electrons. The first kappa shape index (κ1) is 15.2. The number of anilines is 1. The fourth-order valence-electron chi connectivity index (χ4n) is 2.33. The van der Waals surface area contributed by atoms with Gasteiger partial charge in [-0.15, -0.1) is 0 Å². The Hall–Kier alpha value is -2.17. The normalized spacial score (nSPS) is 10.8. The summed E-state index contributed by atoms with van der Waals surface area (Å²) < 4.78 is 12.9. The molecule has 0 unspecified atom stereocenters. The van der Waals surface area contributed by atoms with E-state index >= 15 is 0 Å². The Morgan fingerprint density at radius 1 is 1.24 bits per heavy atom. The van der Waals surface area contributed by atoms with Gasteiger partial charge in [0.05, 0.1) is 26.5 Å². The van der Waals surface area contributed by atoms with E-state index in [1.165, 1.54) is 0 Å². The van der Waals surface area contributed by atoms with Crippen LogP contribution in [0.2, 0.25) is 0 Å². The number of ether oxygens (including phenoxy) is 2. The van der Waals surface area contributed by atoms with Crippen LogP contribution >= 0.6 is 0 Å². The van der Waals surface area contributed by atoms with Crippen molar-refractivity contribution in [2.24, 2.45) is 0 Å². The van der Waals surface area contributed by atoms with Gasteiger partial charge in [0.2, 0.25) is 0 Å². The van der Waals surface area contributed by atoms with E-state index in [-0.39, 0.29) is 0 Å². The number of hydrogen-bond donors (Lipinski definition) is 0. The minimum Gasteiger partial charge on any atom is -0.497 e. The van der Waals surface area contributed by atoms with Crippen LogP contribution in [-0.4, -0.2) is 30.8 Å². The number of aromatic nitrogens is 2. The number of hydrogen-bond acceptors (Lipinski definition) is 4.